The summed E-state index contributed by atoms with van der Waals surface area (Å²) in [6.45, 7) is 11.0. The standard InChI is InChI=1S/C27H35N7OS/c1-27(2,3)20-16-23(28-17-20)29-24-30-25(34-13-11-33(4)12-14-34)32-26(31-24)36-21-9-5-18(6-10-21)15-22(35)19-7-8-19/h5-6,9-10,16,19H,7-8,11-15,17H2,1-4H3,(H,28,29,30,31,32). The molecule has 2 aromatic rings. The summed E-state index contributed by atoms with van der Waals surface area (Å²) in [7, 11) is 2.14. The van der Waals surface area contributed by atoms with Crippen LogP contribution in [0.3, 0.4) is 0 Å². The van der Waals surface area contributed by atoms with Gasteiger partial charge in [-0.05, 0) is 66.4 Å². The van der Waals surface area contributed by atoms with Crippen LogP contribution in [0.1, 0.15) is 39.2 Å². The molecule has 0 bridgehead atoms. The number of piperazine rings is 1. The summed E-state index contributed by atoms with van der Waals surface area (Å²) < 4.78 is 0. The lowest BCUT2D eigenvalue weighted by Crippen LogP contribution is -2.45. The lowest BCUT2D eigenvalue weighted by atomic mass is 9.87. The van der Waals surface area contributed by atoms with E-state index in [1.807, 2.05) is 24.3 Å². The van der Waals surface area contributed by atoms with E-state index >= 15 is 0 Å². The van der Waals surface area contributed by atoms with Crippen LogP contribution in [0.25, 0.3) is 0 Å². The Morgan fingerprint density at radius 3 is 2.42 bits per heavy atom. The van der Waals surface area contributed by atoms with E-state index in [1.54, 1.807) is 0 Å². The van der Waals surface area contributed by atoms with E-state index in [4.69, 9.17) is 15.0 Å². The van der Waals surface area contributed by atoms with Crippen molar-refractivity contribution in [3.63, 3.8) is 0 Å². The van der Waals surface area contributed by atoms with Gasteiger partial charge < -0.3 is 15.1 Å². The minimum Gasteiger partial charge on any atom is -0.338 e. The number of rotatable bonds is 7. The van der Waals surface area contributed by atoms with Crippen molar-refractivity contribution in [2.45, 2.75) is 50.1 Å². The maximum Gasteiger partial charge on any atom is 0.234 e. The molecule has 3 heterocycles. The smallest absolute Gasteiger partial charge is 0.234 e. The number of hydrogen-bond donors (Lipinski definition) is 1. The van der Waals surface area contributed by atoms with Crippen LogP contribution in [0.4, 0.5) is 11.9 Å². The molecule has 2 fully saturated rings. The highest BCUT2D eigenvalue weighted by Gasteiger charge is 2.29. The quantitative estimate of drug-likeness (QED) is 0.602. The van der Waals surface area contributed by atoms with Gasteiger partial charge in [-0.15, -0.1) is 0 Å². The van der Waals surface area contributed by atoms with Gasteiger partial charge in [0.1, 0.15) is 11.6 Å². The predicted octanol–water partition coefficient (Wildman–Crippen LogP) is 4.09. The number of carbonyl (C=O) groups excluding carboxylic acids is 1. The molecule has 1 aliphatic carbocycles. The summed E-state index contributed by atoms with van der Waals surface area (Å²) in [5, 5.41) is 3.97. The van der Waals surface area contributed by atoms with Crippen molar-refractivity contribution >= 4 is 35.3 Å². The molecule has 5 rings (SSSR count). The Balaban J connectivity index is 1.34. The SMILES string of the molecule is CN1CCN(c2nc(NC3=NCC(C(C)(C)C)=C3)nc(Sc3ccc(CC(=O)C4CC4)cc3)n2)CC1. The molecule has 1 aromatic heterocycles. The molecule has 0 atom stereocenters. The van der Waals surface area contributed by atoms with Crippen LogP contribution in [-0.4, -0.2) is 71.2 Å². The molecule has 8 nitrogen and oxygen atoms in total. The molecule has 1 aromatic carbocycles. The molecule has 0 radical (unpaired) electrons. The molecular weight excluding hydrogens is 470 g/mol. The molecule has 0 amide bonds. The highest BCUT2D eigenvalue weighted by molar-refractivity contribution is 7.99. The normalized spacial score (nSPS) is 18.7. The van der Waals surface area contributed by atoms with Crippen LogP contribution in [0.5, 0.6) is 0 Å². The van der Waals surface area contributed by atoms with Crippen molar-refractivity contribution in [2.24, 2.45) is 16.3 Å². The van der Waals surface area contributed by atoms with Gasteiger partial charge in [-0.25, -0.2) is 0 Å². The summed E-state index contributed by atoms with van der Waals surface area (Å²) in [4.78, 5) is 36.7. The number of carbonyl (C=O) groups is 1. The zero-order valence-electron chi connectivity index (χ0n) is 21.6. The van der Waals surface area contributed by atoms with E-state index in [0.717, 1.165) is 55.3 Å². The minimum atomic E-state index is 0.0768. The Morgan fingerprint density at radius 2 is 1.78 bits per heavy atom. The molecule has 0 spiro atoms. The van der Waals surface area contributed by atoms with Gasteiger partial charge in [0, 0.05) is 43.4 Å². The largest absolute Gasteiger partial charge is 0.338 e. The first-order chi connectivity index (χ1) is 17.2. The molecule has 36 heavy (non-hydrogen) atoms. The van der Waals surface area contributed by atoms with Gasteiger partial charge in [-0.2, -0.15) is 15.0 Å². The Hall–Kier alpha value is -2.78. The van der Waals surface area contributed by atoms with E-state index in [2.05, 4.69) is 54.0 Å². The average Bonchev–Trinajstić information content (AvgIpc) is 3.58. The first-order valence-corrected chi connectivity index (χ1v) is 13.6. The van der Waals surface area contributed by atoms with Crippen LogP contribution in [-0.2, 0) is 11.2 Å². The number of nitrogens with one attached hydrogen (secondary N) is 1. The van der Waals surface area contributed by atoms with Crippen molar-refractivity contribution in [3.8, 4) is 0 Å². The first-order valence-electron chi connectivity index (χ1n) is 12.7. The molecular formula is C27H35N7OS. The molecule has 0 unspecified atom stereocenters. The summed E-state index contributed by atoms with van der Waals surface area (Å²) in [5.41, 5.74) is 2.43. The van der Waals surface area contributed by atoms with Gasteiger partial charge in [0.2, 0.25) is 11.9 Å². The fourth-order valence-corrected chi connectivity index (χ4v) is 4.94. The highest BCUT2D eigenvalue weighted by atomic mass is 32.2. The second kappa shape index (κ2) is 10.3. The number of aliphatic imine (C=N–C) groups is 1. The molecule has 9 heteroatoms. The number of Topliss-reactive ketones (excluding diaryl/α,β-unsaturated/α-hetero) is 1. The summed E-state index contributed by atoms with van der Waals surface area (Å²) >= 11 is 1.51. The Morgan fingerprint density at radius 1 is 1.06 bits per heavy atom. The van der Waals surface area contributed by atoms with Crippen LogP contribution in [0.15, 0.2) is 51.0 Å². The molecule has 1 N–H and O–H groups in total. The average molecular weight is 506 g/mol. The van der Waals surface area contributed by atoms with Crippen LogP contribution < -0.4 is 10.2 Å². The number of nitrogens with zero attached hydrogens (tertiary/aromatic N) is 6. The van der Waals surface area contributed by atoms with E-state index in [0.29, 0.717) is 41.7 Å². The number of anilines is 2. The maximum atomic E-state index is 12.2. The summed E-state index contributed by atoms with van der Waals surface area (Å²) in [5.74, 6) is 2.64. The second-order valence-electron chi connectivity index (χ2n) is 10.9. The topological polar surface area (TPSA) is 86.6 Å². The number of aromatic nitrogens is 3. The maximum absolute atomic E-state index is 12.2. The van der Waals surface area contributed by atoms with Crippen molar-refractivity contribution in [1.29, 1.82) is 0 Å². The molecule has 1 saturated carbocycles. The number of hydrogen-bond acceptors (Lipinski definition) is 9. The Labute approximate surface area is 217 Å². The number of likely N-dealkylation sites (N-methyl/N-ethyl adjacent to an activating group) is 1. The van der Waals surface area contributed by atoms with Gasteiger partial charge in [-0.3, -0.25) is 9.79 Å². The number of ketones is 1. The van der Waals surface area contributed by atoms with Gasteiger partial charge >= 0.3 is 0 Å². The van der Waals surface area contributed by atoms with E-state index in [9.17, 15) is 4.79 Å². The van der Waals surface area contributed by atoms with Crippen LogP contribution >= 0.6 is 11.8 Å². The third kappa shape index (κ3) is 6.31. The van der Waals surface area contributed by atoms with Crippen molar-refractivity contribution < 1.29 is 4.79 Å². The summed E-state index contributed by atoms with van der Waals surface area (Å²) in [6, 6.07) is 8.17. The molecule has 190 valence electrons. The lowest BCUT2D eigenvalue weighted by molar-refractivity contribution is -0.119. The van der Waals surface area contributed by atoms with E-state index in [1.165, 1.54) is 17.3 Å². The van der Waals surface area contributed by atoms with Crippen LogP contribution in [0.2, 0.25) is 0 Å². The van der Waals surface area contributed by atoms with E-state index < -0.39 is 0 Å². The molecule has 1 saturated heterocycles. The van der Waals surface area contributed by atoms with Crippen LogP contribution in [0, 0.1) is 11.3 Å². The summed E-state index contributed by atoms with van der Waals surface area (Å²) in [6.07, 6.45) is 4.73. The second-order valence-corrected chi connectivity index (χ2v) is 12.0. The predicted molar refractivity (Wildman–Crippen MR) is 145 cm³/mol. The number of amidine groups is 1. The molecule has 3 aliphatic rings. The minimum absolute atomic E-state index is 0.0768. The first kappa shape index (κ1) is 24.9. The zero-order chi connectivity index (χ0) is 25.3. The zero-order valence-corrected chi connectivity index (χ0v) is 22.4. The Bertz CT molecular complexity index is 1170. The third-order valence-electron chi connectivity index (χ3n) is 6.87. The van der Waals surface area contributed by atoms with Crippen molar-refractivity contribution in [3.05, 3.63) is 41.5 Å². The highest BCUT2D eigenvalue weighted by Crippen LogP contribution is 2.32. The fraction of sp³-hybridized carbons (Fsp3) is 0.519. The van der Waals surface area contributed by atoms with Gasteiger partial charge in [0.05, 0.1) is 6.54 Å². The monoisotopic (exact) mass is 505 g/mol. The van der Waals surface area contributed by atoms with Gasteiger partial charge in [0.25, 0.3) is 0 Å². The third-order valence-corrected chi connectivity index (χ3v) is 7.74. The van der Waals surface area contributed by atoms with Gasteiger partial charge in [-0.1, -0.05) is 32.9 Å². The lowest BCUT2D eigenvalue weighted by Gasteiger charge is -2.32. The number of benzene rings is 1. The van der Waals surface area contributed by atoms with Crippen molar-refractivity contribution in [1.82, 2.24) is 19.9 Å². The molecule has 2 aliphatic heterocycles. The van der Waals surface area contributed by atoms with Crippen molar-refractivity contribution in [2.75, 3.05) is 50.0 Å². The van der Waals surface area contributed by atoms with E-state index in [-0.39, 0.29) is 5.41 Å². The Kier molecular flexibility index (Phi) is 7.12. The fourth-order valence-electron chi connectivity index (χ4n) is 4.20. The van der Waals surface area contributed by atoms with Gasteiger partial charge in [0.15, 0.2) is 5.16 Å².